The predicted octanol–water partition coefficient (Wildman–Crippen LogP) is 5.12. The molecule has 7 heteroatoms. The summed E-state index contributed by atoms with van der Waals surface area (Å²) in [5.74, 6) is 0.582. The van der Waals surface area contributed by atoms with Gasteiger partial charge in [-0.3, -0.25) is 10.1 Å². The Morgan fingerprint density at radius 3 is 2.55 bits per heavy atom. The van der Waals surface area contributed by atoms with E-state index in [4.69, 9.17) is 4.42 Å². The maximum Gasteiger partial charge on any atom is 0.270 e. The minimum absolute atomic E-state index is 0.00370. The predicted molar refractivity (Wildman–Crippen MR) is 110 cm³/mol. The van der Waals surface area contributed by atoms with Crippen molar-refractivity contribution in [3.8, 4) is 11.4 Å². The van der Waals surface area contributed by atoms with Crippen molar-refractivity contribution >= 4 is 33.4 Å². The van der Waals surface area contributed by atoms with Crippen LogP contribution in [-0.2, 0) is 0 Å². The summed E-state index contributed by atoms with van der Waals surface area (Å²) < 4.78 is 6.03. The van der Waals surface area contributed by atoms with Crippen molar-refractivity contribution in [2.45, 2.75) is 0 Å². The maximum atomic E-state index is 11.2. The fourth-order valence-corrected chi connectivity index (χ4v) is 3.18. The van der Waals surface area contributed by atoms with Gasteiger partial charge in [-0.1, -0.05) is 30.3 Å². The summed E-state index contributed by atoms with van der Waals surface area (Å²) in [6.45, 7) is 0. The minimum Gasteiger partial charge on any atom is -0.438 e. The summed E-state index contributed by atoms with van der Waals surface area (Å²) in [5.41, 5.74) is 3.92. The van der Waals surface area contributed by atoms with Crippen LogP contribution in [0.25, 0.3) is 33.4 Å². The highest BCUT2D eigenvalue weighted by molar-refractivity contribution is 5.85. The van der Waals surface area contributed by atoms with Crippen molar-refractivity contribution < 1.29 is 9.34 Å². The first-order valence-electron chi connectivity index (χ1n) is 8.94. The van der Waals surface area contributed by atoms with Crippen molar-refractivity contribution in [2.24, 2.45) is 4.99 Å². The summed E-state index contributed by atoms with van der Waals surface area (Å²) in [4.78, 5) is 23.3. The van der Waals surface area contributed by atoms with Crippen LogP contribution in [0.3, 0.4) is 0 Å². The molecule has 0 aliphatic rings. The molecule has 29 heavy (non-hydrogen) atoms. The van der Waals surface area contributed by atoms with Gasteiger partial charge in [-0.15, -0.1) is 0 Å². The number of nitrogens with one attached hydrogen (secondary N) is 1. The van der Waals surface area contributed by atoms with E-state index >= 15 is 0 Å². The fraction of sp³-hybridized carbons (Fsp3) is 0. The third kappa shape index (κ3) is 3.14. The highest BCUT2D eigenvalue weighted by Crippen LogP contribution is 2.25. The summed E-state index contributed by atoms with van der Waals surface area (Å²) in [7, 11) is 0. The molecule has 5 aromatic rings. The van der Waals surface area contributed by atoms with Crippen LogP contribution in [0.4, 0.5) is 11.4 Å². The van der Waals surface area contributed by atoms with E-state index in [0.717, 1.165) is 16.7 Å². The van der Waals surface area contributed by atoms with Gasteiger partial charge in [0.25, 0.3) is 5.69 Å². The van der Waals surface area contributed by atoms with E-state index in [0.29, 0.717) is 27.9 Å². The summed E-state index contributed by atoms with van der Waals surface area (Å²) in [6.07, 6.45) is 0. The Morgan fingerprint density at radius 2 is 1.76 bits per heavy atom. The first-order valence-corrected chi connectivity index (χ1v) is 8.94. The Morgan fingerprint density at radius 1 is 0.966 bits per heavy atom. The Labute approximate surface area is 164 Å². The molecule has 0 aliphatic carbocycles. The molecule has 3 aromatic carbocycles. The molecule has 0 amide bonds. The topological polar surface area (TPSA) is 97.3 Å². The minimum atomic E-state index is -0.428. The van der Waals surface area contributed by atoms with Crippen LogP contribution in [-0.4, -0.2) is 14.9 Å². The number of hydrogen-bond acceptors (Lipinski definition) is 5. The van der Waals surface area contributed by atoms with E-state index in [-0.39, 0.29) is 5.69 Å². The van der Waals surface area contributed by atoms with Crippen LogP contribution >= 0.6 is 0 Å². The lowest BCUT2D eigenvalue weighted by atomic mass is 10.1. The number of benzene rings is 3. The second-order valence-electron chi connectivity index (χ2n) is 6.49. The van der Waals surface area contributed by atoms with Gasteiger partial charge in [-0.2, -0.15) is 0 Å². The molecule has 2 heterocycles. The van der Waals surface area contributed by atoms with E-state index in [2.05, 4.69) is 15.0 Å². The third-order valence-electron chi connectivity index (χ3n) is 4.57. The number of non-ortho nitro benzene ring substituents is 1. The first-order chi connectivity index (χ1) is 14.2. The number of fused-ring (bicyclic) bond motifs is 2. The molecule has 0 aliphatic heterocycles. The van der Waals surface area contributed by atoms with Crippen molar-refractivity contribution in [1.29, 1.82) is 0 Å². The lowest BCUT2D eigenvalue weighted by molar-refractivity contribution is -0.384. The number of H-pyrrole nitrogens is 1. The van der Waals surface area contributed by atoms with Crippen molar-refractivity contribution in [2.75, 3.05) is 0 Å². The summed E-state index contributed by atoms with van der Waals surface area (Å²) in [6, 6.07) is 23.4. The summed E-state index contributed by atoms with van der Waals surface area (Å²) >= 11 is 0. The zero-order valence-electron chi connectivity index (χ0n) is 15.1. The molecule has 1 N–H and O–H groups in total. The SMILES string of the molecule is O=[N+]([O-])c1ccc2oc(=Nc3ccccc3)c(-c3nc4ccccc4[nH]3)cc2c1. The van der Waals surface area contributed by atoms with Gasteiger partial charge < -0.3 is 9.40 Å². The molecule has 140 valence electrons. The fourth-order valence-electron chi connectivity index (χ4n) is 3.18. The number of aromatic nitrogens is 2. The number of hydrogen-bond donors (Lipinski definition) is 1. The molecule has 0 bridgehead atoms. The van der Waals surface area contributed by atoms with Crippen molar-refractivity contribution in [1.82, 2.24) is 9.97 Å². The number of nitro benzene ring substituents is 1. The van der Waals surface area contributed by atoms with Crippen LogP contribution in [0.2, 0.25) is 0 Å². The Hall–Kier alpha value is -4.26. The average molecular weight is 382 g/mol. The zero-order chi connectivity index (χ0) is 19.8. The standard InChI is InChI=1S/C22H14N4O3/c27-26(28)16-10-11-20-14(12-16)13-17(21-24-18-8-4-5-9-19(18)25-21)22(29-20)23-15-6-2-1-3-7-15/h1-13H,(H,24,25). The first kappa shape index (κ1) is 16.9. The second kappa shape index (κ2) is 6.72. The lowest BCUT2D eigenvalue weighted by Gasteiger charge is -2.03. The van der Waals surface area contributed by atoms with E-state index in [1.807, 2.05) is 60.7 Å². The molecule has 0 unspecified atom stereocenters. The molecule has 0 saturated carbocycles. The van der Waals surface area contributed by atoms with E-state index in [9.17, 15) is 10.1 Å². The molecule has 0 radical (unpaired) electrons. The average Bonchev–Trinajstić information content (AvgIpc) is 3.17. The van der Waals surface area contributed by atoms with Crippen molar-refractivity contribution in [3.05, 3.63) is 94.5 Å². The number of imidazole rings is 1. The Bertz CT molecular complexity index is 1400. The monoisotopic (exact) mass is 382 g/mol. The molecule has 5 rings (SSSR count). The Kier molecular flexibility index (Phi) is 3.91. The quantitative estimate of drug-likeness (QED) is 0.346. The van der Waals surface area contributed by atoms with Gasteiger partial charge in [0.15, 0.2) is 0 Å². The van der Waals surface area contributed by atoms with Crippen LogP contribution in [0.15, 0.2) is 88.3 Å². The van der Waals surface area contributed by atoms with Gasteiger partial charge >= 0.3 is 0 Å². The van der Waals surface area contributed by atoms with Crippen LogP contribution in [0, 0.1) is 10.1 Å². The molecule has 0 atom stereocenters. The molecule has 0 saturated heterocycles. The van der Waals surface area contributed by atoms with Crippen LogP contribution in [0.5, 0.6) is 0 Å². The molecule has 2 aromatic heterocycles. The van der Waals surface area contributed by atoms with Gasteiger partial charge in [0.05, 0.1) is 27.2 Å². The Balaban J connectivity index is 1.81. The van der Waals surface area contributed by atoms with Gasteiger partial charge in [0.2, 0.25) is 5.55 Å². The number of rotatable bonds is 3. The maximum absolute atomic E-state index is 11.2. The third-order valence-corrected chi connectivity index (χ3v) is 4.57. The molecule has 0 spiro atoms. The number of aromatic amines is 1. The summed E-state index contributed by atoms with van der Waals surface area (Å²) in [5, 5.41) is 11.8. The highest BCUT2D eigenvalue weighted by atomic mass is 16.6. The normalized spacial score (nSPS) is 11.9. The smallest absolute Gasteiger partial charge is 0.270 e. The molecule has 0 fully saturated rings. The van der Waals surface area contributed by atoms with Crippen molar-refractivity contribution in [3.63, 3.8) is 0 Å². The van der Waals surface area contributed by atoms with Gasteiger partial charge in [0, 0.05) is 17.5 Å². The number of nitro groups is 1. The van der Waals surface area contributed by atoms with Gasteiger partial charge in [-0.25, -0.2) is 9.98 Å². The van der Waals surface area contributed by atoms with E-state index in [1.165, 1.54) is 12.1 Å². The van der Waals surface area contributed by atoms with E-state index in [1.54, 1.807) is 6.07 Å². The highest BCUT2D eigenvalue weighted by Gasteiger charge is 2.14. The second-order valence-corrected chi connectivity index (χ2v) is 6.49. The molecular weight excluding hydrogens is 368 g/mol. The van der Waals surface area contributed by atoms with Gasteiger partial charge in [-0.05, 0) is 36.4 Å². The number of para-hydroxylation sites is 3. The number of nitrogens with zero attached hydrogens (tertiary/aromatic N) is 3. The van der Waals surface area contributed by atoms with Gasteiger partial charge in [0.1, 0.15) is 11.4 Å². The zero-order valence-corrected chi connectivity index (χ0v) is 15.1. The molecular formula is C22H14N4O3. The lowest BCUT2D eigenvalue weighted by Crippen LogP contribution is -2.06. The largest absolute Gasteiger partial charge is 0.438 e. The van der Waals surface area contributed by atoms with Crippen LogP contribution < -0.4 is 5.55 Å². The van der Waals surface area contributed by atoms with Crippen LogP contribution in [0.1, 0.15) is 0 Å². The molecule has 7 nitrogen and oxygen atoms in total. The van der Waals surface area contributed by atoms with E-state index < -0.39 is 4.92 Å².